The maximum absolute atomic E-state index is 12.7. The standard InChI is InChI=1S/C26H30F3NO2/c1-17(13-25(31)18(2)26(27,28)29)20-5-7-21(8-6-20)22-14-30(15-22)23-9-11-24(12-10-23)32-16-19-3-4-19/h5-12,17-19,22H,3-4,13-16H2,1-2H3/t17-,18?/m1/s1. The summed E-state index contributed by atoms with van der Waals surface area (Å²) in [6, 6.07) is 16.2. The molecule has 2 aromatic rings. The molecule has 2 aromatic carbocycles. The van der Waals surface area contributed by atoms with Gasteiger partial charge in [-0.3, -0.25) is 4.79 Å². The quantitative estimate of drug-likeness (QED) is 0.451. The summed E-state index contributed by atoms with van der Waals surface area (Å²) in [6.45, 7) is 5.42. The molecular formula is C26H30F3NO2. The second-order valence-corrected chi connectivity index (χ2v) is 9.35. The van der Waals surface area contributed by atoms with Crippen LogP contribution in [0.3, 0.4) is 0 Å². The van der Waals surface area contributed by atoms with E-state index in [2.05, 4.69) is 17.0 Å². The maximum atomic E-state index is 12.7. The molecule has 0 amide bonds. The Kier molecular flexibility index (Phi) is 6.50. The maximum Gasteiger partial charge on any atom is 0.398 e. The Bertz CT molecular complexity index is 914. The molecule has 2 atom stereocenters. The van der Waals surface area contributed by atoms with E-state index in [-0.39, 0.29) is 12.3 Å². The van der Waals surface area contributed by atoms with Gasteiger partial charge < -0.3 is 9.64 Å². The van der Waals surface area contributed by atoms with Crippen LogP contribution in [0, 0.1) is 11.8 Å². The molecule has 0 aromatic heterocycles. The number of carbonyl (C=O) groups is 1. The van der Waals surface area contributed by atoms with Gasteiger partial charge in [0.1, 0.15) is 17.5 Å². The first kappa shape index (κ1) is 22.7. The average Bonchev–Trinajstić information content (AvgIpc) is 3.56. The van der Waals surface area contributed by atoms with Gasteiger partial charge in [-0.2, -0.15) is 13.2 Å². The van der Waals surface area contributed by atoms with Crippen molar-refractivity contribution < 1.29 is 22.7 Å². The predicted molar refractivity (Wildman–Crippen MR) is 119 cm³/mol. The van der Waals surface area contributed by atoms with Crippen molar-refractivity contribution in [3.05, 3.63) is 59.7 Å². The highest BCUT2D eigenvalue weighted by molar-refractivity contribution is 5.82. The average molecular weight is 446 g/mol. The number of rotatable bonds is 9. The number of ether oxygens (including phenoxy) is 1. The molecule has 2 fully saturated rings. The van der Waals surface area contributed by atoms with E-state index < -0.39 is 17.9 Å². The molecule has 1 saturated carbocycles. The van der Waals surface area contributed by atoms with Crippen LogP contribution in [0.5, 0.6) is 5.75 Å². The molecule has 2 aliphatic rings. The molecule has 1 saturated heterocycles. The van der Waals surface area contributed by atoms with Crippen LogP contribution in [-0.2, 0) is 4.79 Å². The number of hydrogen-bond acceptors (Lipinski definition) is 3. The van der Waals surface area contributed by atoms with Crippen LogP contribution in [0.4, 0.5) is 18.9 Å². The van der Waals surface area contributed by atoms with Gasteiger partial charge in [0.25, 0.3) is 0 Å². The molecule has 0 bridgehead atoms. The van der Waals surface area contributed by atoms with Crippen LogP contribution in [0.1, 0.15) is 56.1 Å². The first-order valence-corrected chi connectivity index (χ1v) is 11.4. The van der Waals surface area contributed by atoms with E-state index in [9.17, 15) is 18.0 Å². The minimum atomic E-state index is -4.47. The molecule has 1 heterocycles. The molecule has 0 N–H and O–H groups in total. The summed E-state index contributed by atoms with van der Waals surface area (Å²) in [5.74, 6) is -0.816. The first-order valence-electron chi connectivity index (χ1n) is 11.4. The van der Waals surface area contributed by atoms with Crippen molar-refractivity contribution in [2.24, 2.45) is 11.8 Å². The summed E-state index contributed by atoms with van der Waals surface area (Å²) < 4.78 is 44.0. The number of Topliss-reactive ketones (excluding diaryl/α,β-unsaturated/α-hetero) is 1. The number of carbonyl (C=O) groups excluding carboxylic acids is 1. The van der Waals surface area contributed by atoms with Crippen LogP contribution in [0.25, 0.3) is 0 Å². The summed E-state index contributed by atoms with van der Waals surface area (Å²) >= 11 is 0. The van der Waals surface area contributed by atoms with E-state index in [1.54, 1.807) is 6.92 Å². The zero-order valence-electron chi connectivity index (χ0n) is 18.6. The lowest BCUT2D eigenvalue weighted by atomic mass is 9.87. The van der Waals surface area contributed by atoms with Crippen molar-refractivity contribution in [1.29, 1.82) is 0 Å². The molecule has 1 aliphatic carbocycles. The molecule has 6 heteroatoms. The summed E-state index contributed by atoms with van der Waals surface area (Å²) in [6.07, 6.45) is -2.01. The van der Waals surface area contributed by atoms with Gasteiger partial charge in [0.2, 0.25) is 0 Å². The fourth-order valence-electron chi connectivity index (χ4n) is 4.03. The van der Waals surface area contributed by atoms with Gasteiger partial charge in [0.05, 0.1) is 6.61 Å². The molecule has 0 spiro atoms. The second kappa shape index (κ2) is 9.16. The molecule has 4 rings (SSSR count). The summed E-state index contributed by atoms with van der Waals surface area (Å²) in [5, 5.41) is 0. The highest BCUT2D eigenvalue weighted by Gasteiger charge is 2.41. The minimum absolute atomic E-state index is 0.0996. The van der Waals surface area contributed by atoms with Crippen molar-refractivity contribution in [3.8, 4) is 5.75 Å². The van der Waals surface area contributed by atoms with Crippen LogP contribution >= 0.6 is 0 Å². The fourth-order valence-corrected chi connectivity index (χ4v) is 4.03. The number of nitrogens with zero attached hydrogens (tertiary/aromatic N) is 1. The normalized spacial score (nSPS) is 18.7. The van der Waals surface area contributed by atoms with Gasteiger partial charge in [-0.1, -0.05) is 31.2 Å². The van der Waals surface area contributed by atoms with Gasteiger partial charge in [0.15, 0.2) is 0 Å². The largest absolute Gasteiger partial charge is 0.493 e. The Morgan fingerprint density at radius 3 is 2.22 bits per heavy atom. The van der Waals surface area contributed by atoms with Crippen LogP contribution in [-0.4, -0.2) is 31.7 Å². The molecule has 1 unspecified atom stereocenters. The Morgan fingerprint density at radius 2 is 1.66 bits per heavy atom. The van der Waals surface area contributed by atoms with Crippen molar-refractivity contribution in [3.63, 3.8) is 0 Å². The Labute approximate surface area is 187 Å². The lowest BCUT2D eigenvalue weighted by Crippen LogP contribution is -2.45. The zero-order valence-corrected chi connectivity index (χ0v) is 18.6. The first-order chi connectivity index (χ1) is 15.2. The summed E-state index contributed by atoms with van der Waals surface area (Å²) in [7, 11) is 0. The Balaban J connectivity index is 1.26. The van der Waals surface area contributed by atoms with E-state index in [0.717, 1.165) is 43.9 Å². The van der Waals surface area contributed by atoms with Gasteiger partial charge in [-0.05, 0) is 67.0 Å². The third kappa shape index (κ3) is 5.45. The molecule has 172 valence electrons. The number of alkyl halides is 3. The fraction of sp³-hybridized carbons (Fsp3) is 0.500. The number of ketones is 1. The Morgan fingerprint density at radius 1 is 1.03 bits per heavy atom. The van der Waals surface area contributed by atoms with Gasteiger partial charge in [-0.25, -0.2) is 0 Å². The highest BCUT2D eigenvalue weighted by Crippen LogP contribution is 2.35. The SMILES string of the molecule is CC(C(=O)C[C@@H](C)c1ccc(C2CN(c3ccc(OCC4CC4)cc3)C2)cc1)C(F)(F)F. The van der Waals surface area contributed by atoms with Crippen molar-refractivity contribution in [2.75, 3.05) is 24.6 Å². The van der Waals surface area contributed by atoms with E-state index >= 15 is 0 Å². The smallest absolute Gasteiger partial charge is 0.398 e. The summed E-state index contributed by atoms with van der Waals surface area (Å²) in [5.41, 5.74) is 3.30. The third-order valence-corrected chi connectivity index (χ3v) is 6.72. The molecule has 0 radical (unpaired) electrons. The van der Waals surface area contributed by atoms with Crippen molar-refractivity contribution >= 4 is 11.5 Å². The van der Waals surface area contributed by atoms with Crippen LogP contribution in [0.2, 0.25) is 0 Å². The predicted octanol–water partition coefficient (Wildman–Crippen LogP) is 6.34. The van der Waals surface area contributed by atoms with E-state index in [1.807, 2.05) is 36.4 Å². The third-order valence-electron chi connectivity index (χ3n) is 6.72. The highest BCUT2D eigenvalue weighted by atomic mass is 19.4. The van der Waals surface area contributed by atoms with E-state index in [0.29, 0.717) is 5.92 Å². The minimum Gasteiger partial charge on any atom is -0.493 e. The lowest BCUT2D eigenvalue weighted by Gasteiger charge is -2.41. The second-order valence-electron chi connectivity index (χ2n) is 9.35. The number of benzene rings is 2. The monoisotopic (exact) mass is 445 g/mol. The van der Waals surface area contributed by atoms with Crippen LogP contribution < -0.4 is 9.64 Å². The zero-order chi connectivity index (χ0) is 22.9. The van der Waals surface area contributed by atoms with Crippen molar-refractivity contribution in [1.82, 2.24) is 0 Å². The molecule has 32 heavy (non-hydrogen) atoms. The lowest BCUT2D eigenvalue weighted by molar-refractivity contribution is -0.177. The van der Waals surface area contributed by atoms with E-state index in [1.165, 1.54) is 24.1 Å². The van der Waals surface area contributed by atoms with E-state index in [4.69, 9.17) is 4.74 Å². The van der Waals surface area contributed by atoms with Crippen LogP contribution in [0.15, 0.2) is 48.5 Å². The summed E-state index contributed by atoms with van der Waals surface area (Å²) in [4.78, 5) is 14.3. The topological polar surface area (TPSA) is 29.5 Å². The van der Waals surface area contributed by atoms with Gasteiger partial charge in [0, 0.05) is 31.1 Å². The Hall–Kier alpha value is -2.50. The van der Waals surface area contributed by atoms with Gasteiger partial charge >= 0.3 is 6.18 Å². The molecule has 3 nitrogen and oxygen atoms in total. The molecule has 1 aliphatic heterocycles. The number of anilines is 1. The van der Waals surface area contributed by atoms with Crippen molar-refractivity contribution in [2.45, 2.75) is 51.1 Å². The molecular weight excluding hydrogens is 415 g/mol. The van der Waals surface area contributed by atoms with Gasteiger partial charge in [-0.15, -0.1) is 0 Å². The number of halogens is 3. The number of hydrogen-bond donors (Lipinski definition) is 0.